The Labute approximate surface area is 95.2 Å². The minimum atomic E-state index is -3.29. The maximum atomic E-state index is 11.8. The lowest BCUT2D eigenvalue weighted by Gasteiger charge is -2.08. The Hall–Kier alpha value is -0.740. The maximum Gasteiger partial charge on any atom is 0.180 e. The fraction of sp³-hybridized carbons (Fsp3) is 0.400. The van der Waals surface area contributed by atoms with Crippen molar-refractivity contribution in [2.75, 3.05) is 11.5 Å². The monoisotopic (exact) mass is 247 g/mol. The van der Waals surface area contributed by atoms with Gasteiger partial charge in [-0.1, -0.05) is 25.4 Å². The summed E-state index contributed by atoms with van der Waals surface area (Å²) in [7, 11) is -3.29. The second kappa shape index (κ2) is 4.41. The molecule has 15 heavy (non-hydrogen) atoms. The van der Waals surface area contributed by atoms with Gasteiger partial charge in [-0.05, 0) is 24.1 Å². The number of sulfone groups is 1. The molecule has 0 aromatic heterocycles. The van der Waals surface area contributed by atoms with Crippen molar-refractivity contribution < 1.29 is 8.42 Å². The van der Waals surface area contributed by atoms with Gasteiger partial charge in [0.1, 0.15) is 0 Å². The Morgan fingerprint density at radius 1 is 1.40 bits per heavy atom. The van der Waals surface area contributed by atoms with E-state index in [4.69, 9.17) is 17.3 Å². The van der Waals surface area contributed by atoms with Crippen molar-refractivity contribution in [3.8, 4) is 0 Å². The van der Waals surface area contributed by atoms with E-state index in [-0.39, 0.29) is 21.6 Å². The number of rotatable bonds is 3. The molecular formula is C10H14ClNO2S. The van der Waals surface area contributed by atoms with E-state index in [1.54, 1.807) is 6.07 Å². The molecule has 0 heterocycles. The molecule has 1 aromatic rings. The molecule has 0 aliphatic rings. The van der Waals surface area contributed by atoms with Crippen molar-refractivity contribution in [2.24, 2.45) is 5.92 Å². The molecule has 0 saturated carbocycles. The van der Waals surface area contributed by atoms with Gasteiger partial charge in [-0.3, -0.25) is 0 Å². The van der Waals surface area contributed by atoms with Crippen LogP contribution in [0.3, 0.4) is 0 Å². The Balaban J connectivity index is 3.16. The fourth-order valence-corrected chi connectivity index (χ4v) is 3.53. The van der Waals surface area contributed by atoms with Crippen LogP contribution in [0.2, 0.25) is 5.02 Å². The largest absolute Gasteiger partial charge is 0.399 e. The maximum absolute atomic E-state index is 11.8. The normalized spacial score (nSPS) is 12.0. The van der Waals surface area contributed by atoms with Crippen molar-refractivity contribution >= 4 is 27.1 Å². The van der Waals surface area contributed by atoms with Crippen LogP contribution in [0.15, 0.2) is 23.1 Å². The molecule has 0 aliphatic carbocycles. The van der Waals surface area contributed by atoms with E-state index >= 15 is 0 Å². The van der Waals surface area contributed by atoms with Gasteiger partial charge in [0.25, 0.3) is 0 Å². The number of hydrogen-bond acceptors (Lipinski definition) is 3. The van der Waals surface area contributed by atoms with E-state index in [1.807, 2.05) is 13.8 Å². The van der Waals surface area contributed by atoms with Crippen LogP contribution >= 0.6 is 11.6 Å². The van der Waals surface area contributed by atoms with Crippen LogP contribution in [0.4, 0.5) is 5.69 Å². The molecule has 0 fully saturated rings. The molecule has 0 unspecified atom stereocenters. The highest BCUT2D eigenvalue weighted by Crippen LogP contribution is 2.25. The molecule has 1 aromatic carbocycles. The first-order valence-corrected chi connectivity index (χ1v) is 6.64. The lowest BCUT2D eigenvalue weighted by Crippen LogP contribution is -2.12. The van der Waals surface area contributed by atoms with Gasteiger partial charge in [-0.25, -0.2) is 8.42 Å². The van der Waals surface area contributed by atoms with Gasteiger partial charge in [0.15, 0.2) is 9.84 Å². The zero-order valence-corrected chi connectivity index (χ0v) is 10.3. The minimum Gasteiger partial charge on any atom is -0.399 e. The third-order valence-electron chi connectivity index (χ3n) is 1.84. The molecule has 0 spiro atoms. The molecule has 5 heteroatoms. The fourth-order valence-electron chi connectivity index (χ4n) is 1.30. The van der Waals surface area contributed by atoms with E-state index in [1.165, 1.54) is 12.1 Å². The van der Waals surface area contributed by atoms with Crippen LogP contribution in [0.25, 0.3) is 0 Å². The minimum absolute atomic E-state index is 0.0728. The van der Waals surface area contributed by atoms with Crippen molar-refractivity contribution in [3.05, 3.63) is 23.2 Å². The molecule has 0 radical (unpaired) electrons. The Morgan fingerprint density at radius 3 is 2.47 bits per heavy atom. The summed E-state index contributed by atoms with van der Waals surface area (Å²) in [5.74, 6) is 0.167. The molecule has 0 bridgehead atoms. The van der Waals surface area contributed by atoms with Gasteiger partial charge < -0.3 is 5.73 Å². The third-order valence-corrected chi connectivity index (χ3v) is 4.40. The molecule has 84 valence electrons. The Morgan fingerprint density at radius 2 is 2.00 bits per heavy atom. The van der Waals surface area contributed by atoms with Gasteiger partial charge >= 0.3 is 0 Å². The predicted octanol–water partition coefficient (Wildman–Crippen LogP) is 2.35. The molecule has 0 aliphatic heterocycles. The van der Waals surface area contributed by atoms with Gasteiger partial charge in [0.2, 0.25) is 0 Å². The standard InChI is InChI=1S/C10H14ClNO2S/c1-7(2)6-15(13,14)10-4-3-8(12)5-9(10)11/h3-5,7H,6,12H2,1-2H3. The summed E-state index contributed by atoms with van der Waals surface area (Å²) in [6.07, 6.45) is 0. The van der Waals surface area contributed by atoms with Gasteiger partial charge in [0, 0.05) is 5.69 Å². The SMILES string of the molecule is CC(C)CS(=O)(=O)c1ccc(N)cc1Cl. The molecule has 0 amide bonds. The lowest BCUT2D eigenvalue weighted by molar-refractivity contribution is 0.582. The van der Waals surface area contributed by atoms with Gasteiger partial charge in [-0.2, -0.15) is 0 Å². The first-order chi connectivity index (χ1) is 6.83. The quantitative estimate of drug-likeness (QED) is 0.834. The average molecular weight is 248 g/mol. The van der Waals surface area contributed by atoms with E-state index in [9.17, 15) is 8.42 Å². The molecule has 3 nitrogen and oxygen atoms in total. The molecular weight excluding hydrogens is 234 g/mol. The van der Waals surface area contributed by atoms with Gasteiger partial charge in [-0.15, -0.1) is 0 Å². The van der Waals surface area contributed by atoms with Crippen LogP contribution in [0, 0.1) is 5.92 Å². The van der Waals surface area contributed by atoms with Gasteiger partial charge in [0.05, 0.1) is 15.7 Å². The highest BCUT2D eigenvalue weighted by Gasteiger charge is 2.19. The van der Waals surface area contributed by atoms with Crippen LogP contribution < -0.4 is 5.73 Å². The highest BCUT2D eigenvalue weighted by atomic mass is 35.5. The number of anilines is 1. The van der Waals surface area contributed by atoms with Crippen molar-refractivity contribution in [1.82, 2.24) is 0 Å². The summed E-state index contributed by atoms with van der Waals surface area (Å²) in [6.45, 7) is 3.70. The van der Waals surface area contributed by atoms with Crippen LogP contribution in [-0.2, 0) is 9.84 Å². The number of nitrogens with two attached hydrogens (primary N) is 1. The summed E-state index contributed by atoms with van der Waals surface area (Å²) < 4.78 is 23.7. The summed E-state index contributed by atoms with van der Waals surface area (Å²) in [6, 6.07) is 4.45. The molecule has 1 rings (SSSR count). The number of nitrogen functional groups attached to an aromatic ring is 1. The molecule has 0 saturated heterocycles. The predicted molar refractivity (Wildman–Crippen MR) is 62.8 cm³/mol. The zero-order chi connectivity index (χ0) is 11.6. The van der Waals surface area contributed by atoms with E-state index < -0.39 is 9.84 Å². The van der Waals surface area contributed by atoms with E-state index in [0.29, 0.717) is 5.69 Å². The van der Waals surface area contributed by atoms with Crippen molar-refractivity contribution in [2.45, 2.75) is 18.7 Å². The zero-order valence-electron chi connectivity index (χ0n) is 8.70. The van der Waals surface area contributed by atoms with Crippen LogP contribution in [-0.4, -0.2) is 14.2 Å². The third kappa shape index (κ3) is 3.11. The highest BCUT2D eigenvalue weighted by molar-refractivity contribution is 7.91. The van der Waals surface area contributed by atoms with E-state index in [2.05, 4.69) is 0 Å². The number of halogens is 1. The van der Waals surface area contributed by atoms with Crippen molar-refractivity contribution in [1.29, 1.82) is 0 Å². The van der Waals surface area contributed by atoms with Crippen LogP contribution in [0.1, 0.15) is 13.8 Å². The second-order valence-corrected chi connectivity index (χ2v) is 6.27. The first kappa shape index (κ1) is 12.3. The Kier molecular flexibility index (Phi) is 3.62. The number of benzene rings is 1. The van der Waals surface area contributed by atoms with Crippen molar-refractivity contribution in [3.63, 3.8) is 0 Å². The summed E-state index contributed by atoms with van der Waals surface area (Å²) >= 11 is 5.84. The smallest absolute Gasteiger partial charge is 0.180 e. The topological polar surface area (TPSA) is 60.2 Å². The number of hydrogen-bond donors (Lipinski definition) is 1. The summed E-state index contributed by atoms with van der Waals surface area (Å²) in [5, 5.41) is 0.190. The van der Waals surface area contributed by atoms with Crippen LogP contribution in [0.5, 0.6) is 0 Å². The molecule has 2 N–H and O–H groups in total. The summed E-state index contributed by atoms with van der Waals surface area (Å²) in [4.78, 5) is 0.159. The Bertz CT molecular complexity index is 454. The molecule has 0 atom stereocenters. The second-order valence-electron chi connectivity index (χ2n) is 3.87. The van der Waals surface area contributed by atoms with E-state index in [0.717, 1.165) is 0 Å². The first-order valence-electron chi connectivity index (χ1n) is 4.60. The lowest BCUT2D eigenvalue weighted by atomic mass is 10.3. The average Bonchev–Trinajstić information content (AvgIpc) is 1.99. The summed E-state index contributed by atoms with van der Waals surface area (Å²) in [5.41, 5.74) is 5.95.